The van der Waals surface area contributed by atoms with E-state index in [4.69, 9.17) is 21.1 Å². The van der Waals surface area contributed by atoms with Crippen LogP contribution in [0.5, 0.6) is 5.75 Å². The van der Waals surface area contributed by atoms with Crippen LogP contribution in [0.2, 0.25) is 5.02 Å². The molecule has 1 N–H and O–H groups in total. The summed E-state index contributed by atoms with van der Waals surface area (Å²) in [5.74, 6) is 1.31. The van der Waals surface area contributed by atoms with Gasteiger partial charge in [0.05, 0.1) is 11.9 Å². The number of nitrogens with zero attached hydrogens (tertiary/aromatic N) is 3. The number of thioether (sulfide) groups is 1. The van der Waals surface area contributed by atoms with Gasteiger partial charge in [-0.2, -0.15) is 0 Å². The highest BCUT2D eigenvalue weighted by Gasteiger charge is 2.18. The lowest BCUT2D eigenvalue weighted by Crippen LogP contribution is -2.33. The number of hydrogen-bond donors (Lipinski definition) is 1. The van der Waals surface area contributed by atoms with Crippen LogP contribution in [0, 0.1) is 0 Å². The van der Waals surface area contributed by atoms with Gasteiger partial charge in [0.25, 0.3) is 0 Å². The molecule has 2 rings (SSSR count). The zero-order valence-corrected chi connectivity index (χ0v) is 15.9. The zero-order valence-electron chi connectivity index (χ0n) is 14.4. The Labute approximate surface area is 156 Å². The summed E-state index contributed by atoms with van der Waals surface area (Å²) in [6.45, 7) is 3.07. The fraction of sp³-hybridized carbons (Fsp3) is 0.438. The van der Waals surface area contributed by atoms with E-state index in [0.717, 1.165) is 0 Å². The Morgan fingerprint density at radius 2 is 2.08 bits per heavy atom. The molecular weight excluding hydrogens is 364 g/mol. The van der Waals surface area contributed by atoms with Crippen LogP contribution in [0.15, 0.2) is 29.4 Å². The van der Waals surface area contributed by atoms with E-state index < -0.39 is 0 Å². The highest BCUT2D eigenvalue weighted by molar-refractivity contribution is 8.00. The highest BCUT2D eigenvalue weighted by Crippen LogP contribution is 2.22. The van der Waals surface area contributed by atoms with Crippen LogP contribution >= 0.6 is 23.4 Å². The molecule has 0 aliphatic heterocycles. The normalized spacial score (nSPS) is 12.0. The molecule has 0 radical (unpaired) electrons. The van der Waals surface area contributed by atoms with Crippen molar-refractivity contribution in [3.63, 3.8) is 0 Å². The Morgan fingerprint density at radius 3 is 2.76 bits per heavy atom. The van der Waals surface area contributed by atoms with Crippen molar-refractivity contribution in [2.45, 2.75) is 23.9 Å². The van der Waals surface area contributed by atoms with E-state index in [-0.39, 0.29) is 17.8 Å². The van der Waals surface area contributed by atoms with Crippen molar-refractivity contribution in [1.82, 2.24) is 20.1 Å². The summed E-state index contributed by atoms with van der Waals surface area (Å²) < 4.78 is 12.4. The zero-order chi connectivity index (χ0) is 18.2. The Bertz CT molecular complexity index is 693. The number of ether oxygens (including phenoxy) is 2. The van der Waals surface area contributed by atoms with Crippen molar-refractivity contribution in [3.05, 3.63) is 35.1 Å². The average Bonchev–Trinajstić information content (AvgIpc) is 2.94. The Morgan fingerprint density at radius 1 is 1.36 bits per heavy atom. The summed E-state index contributed by atoms with van der Waals surface area (Å²) in [6.07, 6.45) is 0. The number of amides is 1. The maximum atomic E-state index is 12.0. The van der Waals surface area contributed by atoms with Gasteiger partial charge in [0.2, 0.25) is 5.91 Å². The number of aromatic nitrogens is 3. The molecule has 0 unspecified atom stereocenters. The van der Waals surface area contributed by atoms with Crippen molar-refractivity contribution in [1.29, 1.82) is 0 Å². The first-order valence-corrected chi connectivity index (χ1v) is 8.97. The molecule has 1 amide bonds. The lowest BCUT2D eigenvalue weighted by atomic mass is 10.3. The molecule has 0 spiro atoms. The molecule has 1 aromatic heterocycles. The van der Waals surface area contributed by atoms with Gasteiger partial charge in [0, 0.05) is 25.7 Å². The van der Waals surface area contributed by atoms with E-state index in [9.17, 15) is 4.79 Å². The van der Waals surface area contributed by atoms with Crippen LogP contribution in [0.1, 0.15) is 12.7 Å². The molecule has 0 aliphatic carbocycles. The van der Waals surface area contributed by atoms with Gasteiger partial charge in [0.1, 0.15) is 12.4 Å². The van der Waals surface area contributed by atoms with Crippen LogP contribution in [0.4, 0.5) is 0 Å². The average molecular weight is 385 g/mol. The van der Waals surface area contributed by atoms with Crippen LogP contribution in [0.25, 0.3) is 0 Å². The third kappa shape index (κ3) is 5.91. The molecule has 0 fully saturated rings. The quantitative estimate of drug-likeness (QED) is 0.528. The number of benzene rings is 1. The van der Waals surface area contributed by atoms with E-state index in [0.29, 0.717) is 34.9 Å². The van der Waals surface area contributed by atoms with Crippen molar-refractivity contribution in [3.8, 4) is 5.75 Å². The molecule has 0 saturated heterocycles. The summed E-state index contributed by atoms with van der Waals surface area (Å²) in [5, 5.41) is 12.1. The maximum absolute atomic E-state index is 12.0. The number of methoxy groups -OCH3 is 1. The molecule has 1 heterocycles. The monoisotopic (exact) mass is 384 g/mol. The van der Waals surface area contributed by atoms with Crippen molar-refractivity contribution < 1.29 is 14.3 Å². The molecule has 136 valence electrons. The molecule has 0 bridgehead atoms. The van der Waals surface area contributed by atoms with Gasteiger partial charge >= 0.3 is 0 Å². The predicted molar refractivity (Wildman–Crippen MR) is 97.0 cm³/mol. The summed E-state index contributed by atoms with van der Waals surface area (Å²) in [5.41, 5.74) is 0. The number of carbonyl (C=O) groups is 1. The minimum Gasteiger partial charge on any atom is -0.486 e. The molecule has 1 atom stereocenters. The number of halogens is 1. The van der Waals surface area contributed by atoms with Crippen molar-refractivity contribution in [2.24, 2.45) is 7.05 Å². The largest absolute Gasteiger partial charge is 0.486 e. The van der Waals surface area contributed by atoms with E-state index in [2.05, 4.69) is 15.5 Å². The van der Waals surface area contributed by atoms with Gasteiger partial charge in [-0.1, -0.05) is 23.4 Å². The number of nitrogens with one attached hydrogen (secondary N) is 1. The van der Waals surface area contributed by atoms with E-state index in [1.165, 1.54) is 11.8 Å². The van der Waals surface area contributed by atoms with Crippen LogP contribution in [-0.2, 0) is 23.2 Å². The standard InChI is InChI=1S/C16H21ClN4O3S/c1-11(15(22)18-8-9-23-3)25-16-20-19-14(21(16)2)10-24-13-6-4-12(17)5-7-13/h4-7,11H,8-10H2,1-3H3,(H,18,22)/t11-/m1/s1. The third-order valence-electron chi connectivity index (χ3n) is 3.36. The van der Waals surface area contributed by atoms with Gasteiger partial charge < -0.3 is 19.4 Å². The number of hydrogen-bond acceptors (Lipinski definition) is 6. The molecule has 2 aromatic rings. The van der Waals surface area contributed by atoms with Crippen LogP contribution in [-0.4, -0.2) is 46.2 Å². The topological polar surface area (TPSA) is 78.3 Å². The molecule has 0 saturated carbocycles. The second kappa shape index (κ2) is 9.65. The van der Waals surface area contributed by atoms with Crippen molar-refractivity contribution >= 4 is 29.3 Å². The van der Waals surface area contributed by atoms with E-state index in [1.807, 2.05) is 18.5 Å². The fourth-order valence-corrected chi connectivity index (χ4v) is 2.87. The van der Waals surface area contributed by atoms with Gasteiger partial charge in [0.15, 0.2) is 11.0 Å². The van der Waals surface area contributed by atoms with Crippen LogP contribution in [0.3, 0.4) is 0 Å². The van der Waals surface area contributed by atoms with E-state index >= 15 is 0 Å². The van der Waals surface area contributed by atoms with E-state index in [1.54, 1.807) is 31.4 Å². The maximum Gasteiger partial charge on any atom is 0.233 e. The number of rotatable bonds is 9. The van der Waals surface area contributed by atoms with Gasteiger partial charge in [-0.05, 0) is 31.2 Å². The third-order valence-corrected chi connectivity index (χ3v) is 4.75. The summed E-state index contributed by atoms with van der Waals surface area (Å²) in [6, 6.07) is 7.11. The predicted octanol–water partition coefficient (Wildman–Crippen LogP) is 2.29. The molecule has 1 aromatic carbocycles. The summed E-state index contributed by atoms with van der Waals surface area (Å²) in [7, 11) is 3.44. The number of carbonyl (C=O) groups excluding carboxylic acids is 1. The molecule has 7 nitrogen and oxygen atoms in total. The highest BCUT2D eigenvalue weighted by atomic mass is 35.5. The first kappa shape index (κ1) is 19.6. The second-order valence-corrected chi connectivity index (χ2v) is 6.99. The lowest BCUT2D eigenvalue weighted by Gasteiger charge is -2.11. The minimum atomic E-state index is -0.287. The van der Waals surface area contributed by atoms with Crippen molar-refractivity contribution in [2.75, 3.05) is 20.3 Å². The van der Waals surface area contributed by atoms with Crippen LogP contribution < -0.4 is 10.1 Å². The molecule has 25 heavy (non-hydrogen) atoms. The Hall–Kier alpha value is -1.77. The SMILES string of the molecule is COCCNC(=O)[C@@H](C)Sc1nnc(COc2ccc(Cl)cc2)n1C. The Kier molecular flexibility index (Phi) is 7.54. The smallest absolute Gasteiger partial charge is 0.233 e. The first-order chi connectivity index (χ1) is 12.0. The lowest BCUT2D eigenvalue weighted by molar-refractivity contribution is -0.120. The summed E-state index contributed by atoms with van der Waals surface area (Å²) in [4.78, 5) is 12.0. The van der Waals surface area contributed by atoms with Gasteiger partial charge in [-0.25, -0.2) is 0 Å². The summed E-state index contributed by atoms with van der Waals surface area (Å²) >= 11 is 7.19. The minimum absolute atomic E-state index is 0.0657. The fourth-order valence-electron chi connectivity index (χ4n) is 1.88. The second-order valence-electron chi connectivity index (χ2n) is 5.24. The first-order valence-electron chi connectivity index (χ1n) is 7.71. The van der Waals surface area contributed by atoms with Gasteiger partial charge in [-0.15, -0.1) is 10.2 Å². The van der Waals surface area contributed by atoms with Gasteiger partial charge in [-0.3, -0.25) is 4.79 Å². The molecule has 9 heteroatoms. The molecular formula is C16H21ClN4O3S. The molecule has 0 aliphatic rings. The Balaban J connectivity index is 1.89.